The molecule has 0 spiro atoms. The third-order valence-corrected chi connectivity index (χ3v) is 3.07. The maximum atomic E-state index is 6.05. The Morgan fingerprint density at radius 2 is 2.11 bits per heavy atom. The van der Waals surface area contributed by atoms with Crippen molar-refractivity contribution in [2.75, 3.05) is 11.1 Å². The second-order valence-corrected chi connectivity index (χ2v) is 4.34. The van der Waals surface area contributed by atoms with Crippen LogP contribution in [0.25, 0.3) is 0 Å². The highest BCUT2D eigenvalue weighted by atomic mass is 15.3. The zero-order valence-electron chi connectivity index (χ0n) is 11.2. The van der Waals surface area contributed by atoms with Gasteiger partial charge in [0.25, 0.3) is 0 Å². The number of hydrogen-bond acceptors (Lipinski definition) is 3. The molecule has 0 radical (unpaired) electrons. The summed E-state index contributed by atoms with van der Waals surface area (Å²) in [5, 5.41) is 7.76. The summed E-state index contributed by atoms with van der Waals surface area (Å²) in [4.78, 5) is 0. The quantitative estimate of drug-likeness (QED) is 0.869. The van der Waals surface area contributed by atoms with E-state index in [1.807, 2.05) is 17.7 Å². The normalized spacial score (nSPS) is 10.6. The second kappa shape index (κ2) is 5.12. The summed E-state index contributed by atoms with van der Waals surface area (Å²) in [5.41, 5.74) is 9.99. The lowest BCUT2D eigenvalue weighted by Gasteiger charge is -2.10. The molecule has 4 nitrogen and oxygen atoms in total. The van der Waals surface area contributed by atoms with Crippen molar-refractivity contribution in [2.45, 2.75) is 33.7 Å². The van der Waals surface area contributed by atoms with Crippen LogP contribution in [-0.4, -0.2) is 9.78 Å². The van der Waals surface area contributed by atoms with E-state index in [9.17, 15) is 0 Å². The summed E-state index contributed by atoms with van der Waals surface area (Å²) in [6, 6.07) is 8.36. The van der Waals surface area contributed by atoms with E-state index in [0.29, 0.717) is 0 Å². The van der Waals surface area contributed by atoms with Crippen LogP contribution in [0.2, 0.25) is 0 Å². The molecule has 1 aromatic heterocycles. The molecule has 96 valence electrons. The molecule has 0 bridgehead atoms. The fraction of sp³-hybridized carbons (Fsp3) is 0.357. The lowest BCUT2D eigenvalue weighted by molar-refractivity contribution is 0.661. The molecule has 2 aromatic rings. The lowest BCUT2D eigenvalue weighted by Crippen LogP contribution is -2.04. The van der Waals surface area contributed by atoms with Crippen LogP contribution in [-0.2, 0) is 13.0 Å². The number of benzene rings is 1. The Kier molecular flexibility index (Phi) is 3.55. The molecule has 1 heterocycles. The highest BCUT2D eigenvalue weighted by Crippen LogP contribution is 2.26. The Bertz CT molecular complexity index is 543. The molecule has 1 aromatic carbocycles. The second-order valence-electron chi connectivity index (χ2n) is 4.34. The molecule has 2 rings (SSSR count). The number of nitrogens with one attached hydrogen (secondary N) is 1. The Hall–Kier alpha value is -1.97. The third-order valence-electron chi connectivity index (χ3n) is 3.07. The van der Waals surface area contributed by atoms with Crippen molar-refractivity contribution in [3.63, 3.8) is 0 Å². The molecule has 0 atom stereocenters. The average molecular weight is 244 g/mol. The Morgan fingerprint density at radius 3 is 2.78 bits per heavy atom. The largest absolute Gasteiger partial charge is 0.394 e. The van der Waals surface area contributed by atoms with Crippen molar-refractivity contribution in [3.8, 4) is 0 Å². The lowest BCUT2D eigenvalue weighted by atomic mass is 10.1. The van der Waals surface area contributed by atoms with E-state index in [0.717, 1.165) is 35.9 Å². The van der Waals surface area contributed by atoms with Crippen LogP contribution in [0, 0.1) is 6.92 Å². The molecule has 0 amide bonds. The van der Waals surface area contributed by atoms with Crippen molar-refractivity contribution in [1.82, 2.24) is 9.78 Å². The van der Waals surface area contributed by atoms with Crippen molar-refractivity contribution in [2.24, 2.45) is 0 Å². The van der Waals surface area contributed by atoms with Gasteiger partial charge in [-0.05, 0) is 38.0 Å². The first-order valence-electron chi connectivity index (χ1n) is 6.34. The van der Waals surface area contributed by atoms with Crippen LogP contribution < -0.4 is 11.1 Å². The molecule has 0 unspecified atom stereocenters. The molecule has 0 fully saturated rings. The maximum absolute atomic E-state index is 6.05. The van der Waals surface area contributed by atoms with E-state index >= 15 is 0 Å². The van der Waals surface area contributed by atoms with Crippen LogP contribution >= 0.6 is 0 Å². The van der Waals surface area contributed by atoms with Crippen LogP contribution in [0.4, 0.5) is 17.2 Å². The van der Waals surface area contributed by atoms with Crippen LogP contribution in [0.15, 0.2) is 24.3 Å². The van der Waals surface area contributed by atoms with Gasteiger partial charge in [-0.2, -0.15) is 5.10 Å². The molecule has 4 heteroatoms. The molecule has 0 saturated heterocycles. The Balaban J connectivity index is 2.33. The fourth-order valence-electron chi connectivity index (χ4n) is 1.96. The first kappa shape index (κ1) is 12.5. The predicted octanol–water partition coefficient (Wildman–Crippen LogP) is 3.10. The number of aromatic nitrogens is 2. The van der Waals surface area contributed by atoms with Crippen molar-refractivity contribution < 1.29 is 0 Å². The molecular formula is C14H20N4. The minimum atomic E-state index is 0.721. The zero-order chi connectivity index (χ0) is 13.1. The maximum Gasteiger partial charge on any atom is 0.152 e. The van der Waals surface area contributed by atoms with Gasteiger partial charge in [0.05, 0.1) is 11.4 Å². The summed E-state index contributed by atoms with van der Waals surface area (Å²) >= 11 is 0. The van der Waals surface area contributed by atoms with Crippen LogP contribution in [0.3, 0.4) is 0 Å². The monoisotopic (exact) mass is 244 g/mol. The summed E-state index contributed by atoms with van der Waals surface area (Å²) in [5.74, 6) is 0.878. The van der Waals surface area contributed by atoms with Gasteiger partial charge in [0, 0.05) is 12.2 Å². The van der Waals surface area contributed by atoms with E-state index in [4.69, 9.17) is 5.73 Å². The topological polar surface area (TPSA) is 55.9 Å². The first-order valence-corrected chi connectivity index (χ1v) is 6.34. The smallest absolute Gasteiger partial charge is 0.152 e. The molecule has 3 N–H and O–H groups in total. The minimum Gasteiger partial charge on any atom is -0.394 e. The van der Waals surface area contributed by atoms with Gasteiger partial charge in [0.15, 0.2) is 5.82 Å². The van der Waals surface area contributed by atoms with Crippen LogP contribution in [0.1, 0.15) is 25.1 Å². The molecule has 0 aliphatic heterocycles. The van der Waals surface area contributed by atoms with E-state index in [-0.39, 0.29) is 0 Å². The van der Waals surface area contributed by atoms with Crippen molar-refractivity contribution in [3.05, 3.63) is 35.5 Å². The van der Waals surface area contributed by atoms with Gasteiger partial charge in [0.2, 0.25) is 0 Å². The average Bonchev–Trinajstić information content (AvgIpc) is 2.67. The Labute approximate surface area is 108 Å². The molecular weight excluding hydrogens is 224 g/mol. The van der Waals surface area contributed by atoms with Crippen molar-refractivity contribution in [1.29, 1.82) is 0 Å². The van der Waals surface area contributed by atoms with Gasteiger partial charge in [-0.15, -0.1) is 0 Å². The summed E-state index contributed by atoms with van der Waals surface area (Å²) in [6.07, 6.45) is 1.02. The zero-order valence-corrected chi connectivity index (χ0v) is 11.2. The molecule has 0 saturated carbocycles. The number of hydrogen-bond donors (Lipinski definition) is 2. The highest BCUT2D eigenvalue weighted by Gasteiger charge is 2.11. The third kappa shape index (κ3) is 2.32. The van der Waals surface area contributed by atoms with E-state index in [1.165, 1.54) is 5.56 Å². The summed E-state index contributed by atoms with van der Waals surface area (Å²) in [7, 11) is 0. The van der Waals surface area contributed by atoms with Gasteiger partial charge in [-0.3, -0.25) is 0 Å². The van der Waals surface area contributed by atoms with Crippen molar-refractivity contribution >= 4 is 17.2 Å². The number of nitrogen functional groups attached to an aromatic ring is 1. The predicted molar refractivity (Wildman–Crippen MR) is 76.2 cm³/mol. The minimum absolute atomic E-state index is 0.721. The van der Waals surface area contributed by atoms with Gasteiger partial charge < -0.3 is 11.1 Å². The van der Waals surface area contributed by atoms with Gasteiger partial charge in [-0.1, -0.05) is 19.1 Å². The number of anilines is 3. The standard InChI is InChI=1S/C14H20N4/c1-4-11-7-6-8-12(9-11)16-14-13(15)10(3)17-18(14)5-2/h6-9,16H,4-5,15H2,1-3H3. The molecule has 0 aliphatic rings. The number of nitrogens with two attached hydrogens (primary N) is 1. The number of nitrogens with zero attached hydrogens (tertiary/aromatic N) is 2. The van der Waals surface area contributed by atoms with Gasteiger partial charge >= 0.3 is 0 Å². The van der Waals surface area contributed by atoms with E-state index in [2.05, 4.69) is 42.5 Å². The molecule has 0 aliphatic carbocycles. The SMILES string of the molecule is CCc1cccc(Nc2c(N)c(C)nn2CC)c1. The summed E-state index contributed by atoms with van der Waals surface area (Å²) < 4.78 is 1.89. The number of rotatable bonds is 4. The van der Waals surface area contributed by atoms with Crippen LogP contribution in [0.5, 0.6) is 0 Å². The van der Waals surface area contributed by atoms with E-state index < -0.39 is 0 Å². The first-order chi connectivity index (χ1) is 8.65. The van der Waals surface area contributed by atoms with Gasteiger partial charge in [0.1, 0.15) is 0 Å². The number of aryl methyl sites for hydroxylation is 3. The highest BCUT2D eigenvalue weighted by molar-refractivity contribution is 5.71. The van der Waals surface area contributed by atoms with E-state index in [1.54, 1.807) is 0 Å². The summed E-state index contributed by atoms with van der Waals surface area (Å²) in [6.45, 7) is 6.93. The fourth-order valence-corrected chi connectivity index (χ4v) is 1.96. The van der Waals surface area contributed by atoms with Gasteiger partial charge in [-0.25, -0.2) is 4.68 Å². The Morgan fingerprint density at radius 1 is 1.33 bits per heavy atom. The molecule has 18 heavy (non-hydrogen) atoms.